The molecule has 115 valence electrons. The molecule has 1 atom stereocenters. The first-order chi connectivity index (χ1) is 10.3. The SMILES string of the molecule is CN(C1=C(Br)[N]N=C1C(F)(F)F)C1CC(=O)c2ccccc21. The number of benzene rings is 1. The molecule has 22 heavy (non-hydrogen) atoms. The van der Waals surface area contributed by atoms with Gasteiger partial charge >= 0.3 is 6.18 Å². The monoisotopic (exact) mass is 372 g/mol. The van der Waals surface area contributed by atoms with Crippen LogP contribution in [0.25, 0.3) is 0 Å². The molecule has 2 aliphatic rings. The van der Waals surface area contributed by atoms with E-state index < -0.39 is 17.9 Å². The number of nitrogens with zero attached hydrogens (tertiary/aromatic N) is 3. The minimum atomic E-state index is -4.61. The Labute approximate surface area is 132 Å². The van der Waals surface area contributed by atoms with Crippen molar-refractivity contribution in [2.45, 2.75) is 18.6 Å². The summed E-state index contributed by atoms with van der Waals surface area (Å²) in [6, 6.07) is 6.48. The van der Waals surface area contributed by atoms with E-state index in [2.05, 4.69) is 26.5 Å². The Balaban J connectivity index is 1.99. The van der Waals surface area contributed by atoms with Crippen molar-refractivity contribution >= 4 is 27.4 Å². The van der Waals surface area contributed by atoms with Gasteiger partial charge in [-0.2, -0.15) is 13.2 Å². The molecule has 1 aromatic carbocycles. The number of fused-ring (bicyclic) bond motifs is 1. The molecule has 1 heterocycles. The van der Waals surface area contributed by atoms with Crippen LogP contribution in [0.5, 0.6) is 0 Å². The number of hydrogen-bond acceptors (Lipinski definition) is 3. The highest BCUT2D eigenvalue weighted by molar-refractivity contribution is 9.11. The molecule has 1 aromatic rings. The zero-order valence-electron chi connectivity index (χ0n) is 11.4. The third-order valence-corrected chi connectivity index (χ3v) is 4.28. The van der Waals surface area contributed by atoms with Crippen molar-refractivity contribution in [3.05, 3.63) is 45.7 Å². The maximum absolute atomic E-state index is 13.1. The Morgan fingerprint density at radius 3 is 2.68 bits per heavy atom. The van der Waals surface area contributed by atoms with Gasteiger partial charge in [-0.1, -0.05) is 24.3 Å². The van der Waals surface area contributed by atoms with Crippen molar-refractivity contribution in [2.75, 3.05) is 7.05 Å². The first-order valence-electron chi connectivity index (χ1n) is 6.41. The molecule has 1 unspecified atom stereocenters. The lowest BCUT2D eigenvalue weighted by Gasteiger charge is -2.28. The molecule has 0 spiro atoms. The Morgan fingerprint density at radius 1 is 1.32 bits per heavy atom. The van der Waals surface area contributed by atoms with Crippen LogP contribution in [0.2, 0.25) is 0 Å². The molecular formula is C14H10BrF3N3O. The lowest BCUT2D eigenvalue weighted by atomic mass is 10.1. The highest BCUT2D eigenvalue weighted by Crippen LogP contribution is 2.40. The van der Waals surface area contributed by atoms with Gasteiger partial charge < -0.3 is 4.90 Å². The molecule has 1 aliphatic heterocycles. The molecule has 1 radical (unpaired) electrons. The number of halogens is 4. The minimum absolute atomic E-state index is 0.0131. The molecule has 4 nitrogen and oxygen atoms in total. The first-order valence-corrected chi connectivity index (χ1v) is 7.21. The number of alkyl halides is 3. The highest BCUT2D eigenvalue weighted by Gasteiger charge is 2.46. The van der Waals surface area contributed by atoms with Gasteiger partial charge in [0.05, 0.1) is 6.04 Å². The van der Waals surface area contributed by atoms with Gasteiger partial charge in [0.1, 0.15) is 5.70 Å². The minimum Gasteiger partial charge on any atom is -0.363 e. The van der Waals surface area contributed by atoms with Crippen LogP contribution in [0.4, 0.5) is 13.2 Å². The maximum Gasteiger partial charge on any atom is 0.437 e. The smallest absolute Gasteiger partial charge is 0.363 e. The van der Waals surface area contributed by atoms with Gasteiger partial charge in [0.2, 0.25) is 0 Å². The van der Waals surface area contributed by atoms with Crippen molar-refractivity contribution < 1.29 is 18.0 Å². The molecule has 0 fully saturated rings. The summed E-state index contributed by atoms with van der Waals surface area (Å²) in [7, 11) is 1.51. The van der Waals surface area contributed by atoms with Gasteiger partial charge in [0.15, 0.2) is 16.1 Å². The summed E-state index contributed by atoms with van der Waals surface area (Å²) < 4.78 is 39.2. The van der Waals surface area contributed by atoms with E-state index in [-0.39, 0.29) is 22.5 Å². The topological polar surface area (TPSA) is 46.8 Å². The second kappa shape index (κ2) is 5.12. The third-order valence-electron chi connectivity index (χ3n) is 3.75. The van der Waals surface area contributed by atoms with Crippen LogP contribution in [0.3, 0.4) is 0 Å². The van der Waals surface area contributed by atoms with Crippen LogP contribution in [-0.2, 0) is 0 Å². The molecule has 0 N–H and O–H groups in total. The van der Waals surface area contributed by atoms with Crippen LogP contribution >= 0.6 is 15.9 Å². The second-order valence-electron chi connectivity index (χ2n) is 5.03. The first kappa shape index (κ1) is 15.1. The van der Waals surface area contributed by atoms with Gasteiger partial charge in [0, 0.05) is 19.0 Å². The molecule has 3 rings (SSSR count). The molecular weight excluding hydrogens is 363 g/mol. The third kappa shape index (κ3) is 2.31. The Hall–Kier alpha value is -1.83. The average Bonchev–Trinajstić information content (AvgIpc) is 3.00. The second-order valence-corrected chi connectivity index (χ2v) is 5.78. The van der Waals surface area contributed by atoms with Crippen molar-refractivity contribution in [3.8, 4) is 0 Å². The molecule has 1 aliphatic carbocycles. The van der Waals surface area contributed by atoms with E-state index in [4.69, 9.17) is 0 Å². The standard InChI is InChI=1S/C14H10BrF3N3O/c1-21(11-12(14(16,17)18)19-20-13(11)15)9-6-10(22)8-5-3-2-4-7(8)9/h2-5,9H,6H2,1H3. The molecule has 0 saturated heterocycles. The Kier molecular flexibility index (Phi) is 3.51. The maximum atomic E-state index is 13.1. The summed E-state index contributed by atoms with van der Waals surface area (Å²) >= 11 is 3.01. The molecule has 0 bridgehead atoms. The zero-order valence-corrected chi connectivity index (χ0v) is 12.9. The summed E-state index contributed by atoms with van der Waals surface area (Å²) in [4.78, 5) is 13.4. The van der Waals surface area contributed by atoms with Crippen molar-refractivity contribution in [2.24, 2.45) is 5.10 Å². The number of ketones is 1. The fraction of sp³-hybridized carbons (Fsp3) is 0.286. The average molecular weight is 373 g/mol. The summed E-state index contributed by atoms with van der Waals surface area (Å²) in [5.74, 6) is -0.0791. The summed E-state index contributed by atoms with van der Waals surface area (Å²) in [6.07, 6.45) is -4.48. The van der Waals surface area contributed by atoms with Crippen LogP contribution in [0.15, 0.2) is 39.7 Å². The van der Waals surface area contributed by atoms with E-state index in [1.54, 1.807) is 24.3 Å². The largest absolute Gasteiger partial charge is 0.437 e. The number of rotatable bonds is 2. The number of carbonyl (C=O) groups is 1. The Morgan fingerprint density at radius 2 is 2.00 bits per heavy atom. The molecule has 8 heteroatoms. The Bertz CT molecular complexity index is 712. The number of allylic oxidation sites excluding steroid dienone is 1. The van der Waals surface area contributed by atoms with E-state index in [0.29, 0.717) is 5.56 Å². The highest BCUT2D eigenvalue weighted by atomic mass is 79.9. The van der Waals surface area contributed by atoms with Gasteiger partial charge in [-0.3, -0.25) is 4.79 Å². The quantitative estimate of drug-likeness (QED) is 0.747. The van der Waals surface area contributed by atoms with Crippen LogP contribution < -0.4 is 5.43 Å². The fourth-order valence-corrected chi connectivity index (χ4v) is 3.28. The number of carbonyl (C=O) groups excluding carboxylic acids is 1. The summed E-state index contributed by atoms with van der Waals surface area (Å²) in [5, 5.41) is 3.21. The van der Waals surface area contributed by atoms with E-state index in [0.717, 1.165) is 5.56 Å². The molecule has 0 amide bonds. The van der Waals surface area contributed by atoms with Crippen molar-refractivity contribution in [1.82, 2.24) is 10.3 Å². The van der Waals surface area contributed by atoms with Gasteiger partial charge in [0.25, 0.3) is 0 Å². The predicted octanol–water partition coefficient (Wildman–Crippen LogP) is 3.35. The van der Waals surface area contributed by atoms with Crippen LogP contribution in [0.1, 0.15) is 28.4 Å². The molecule has 0 aromatic heterocycles. The van der Waals surface area contributed by atoms with Crippen LogP contribution in [-0.4, -0.2) is 29.6 Å². The van der Waals surface area contributed by atoms with Crippen molar-refractivity contribution in [3.63, 3.8) is 0 Å². The zero-order chi connectivity index (χ0) is 16.1. The summed E-state index contributed by atoms with van der Waals surface area (Å²) in [6.45, 7) is 0. The molecule has 0 saturated carbocycles. The normalized spacial score (nSPS) is 20.9. The van der Waals surface area contributed by atoms with E-state index in [1.165, 1.54) is 11.9 Å². The lowest BCUT2D eigenvalue weighted by molar-refractivity contribution is -0.0594. The summed E-state index contributed by atoms with van der Waals surface area (Å²) in [5.41, 5.74) is 3.53. The van der Waals surface area contributed by atoms with Gasteiger partial charge in [-0.25, -0.2) is 0 Å². The van der Waals surface area contributed by atoms with Gasteiger partial charge in [-0.05, 0) is 21.5 Å². The lowest BCUT2D eigenvalue weighted by Crippen LogP contribution is -2.34. The van der Waals surface area contributed by atoms with Crippen LogP contribution in [0, 0.1) is 0 Å². The van der Waals surface area contributed by atoms with Crippen molar-refractivity contribution in [1.29, 1.82) is 0 Å². The number of hydrogen-bond donors (Lipinski definition) is 0. The number of Topliss-reactive ketones (excluding diaryl/α,β-unsaturated/α-hetero) is 1. The van der Waals surface area contributed by atoms with Gasteiger partial charge in [-0.15, -0.1) is 10.5 Å². The van der Waals surface area contributed by atoms with E-state index >= 15 is 0 Å². The predicted molar refractivity (Wildman–Crippen MR) is 77.5 cm³/mol. The fourth-order valence-electron chi connectivity index (χ4n) is 2.73. The van der Waals surface area contributed by atoms with E-state index in [1.807, 2.05) is 0 Å². The van der Waals surface area contributed by atoms with E-state index in [9.17, 15) is 18.0 Å².